The number of anilines is 1. The zero-order valence-electron chi connectivity index (χ0n) is 10.4. The molecule has 3 nitrogen and oxygen atoms in total. The molecule has 94 valence electrons. The van der Waals surface area contributed by atoms with Crippen molar-refractivity contribution in [3.63, 3.8) is 0 Å². The van der Waals surface area contributed by atoms with Crippen molar-refractivity contribution < 1.29 is 4.79 Å². The number of benzene rings is 1. The van der Waals surface area contributed by atoms with Crippen LogP contribution in [0, 0.1) is 20.8 Å². The van der Waals surface area contributed by atoms with E-state index in [0.717, 1.165) is 21.0 Å². The summed E-state index contributed by atoms with van der Waals surface area (Å²) in [5.74, 6) is -0.142. The minimum Gasteiger partial charge on any atom is -0.298 e. The first-order valence-electron chi connectivity index (χ1n) is 5.52. The Kier molecular flexibility index (Phi) is 3.73. The summed E-state index contributed by atoms with van der Waals surface area (Å²) in [6, 6.07) is 5.52. The Morgan fingerprint density at radius 2 is 2.06 bits per heavy atom. The number of amides is 1. The summed E-state index contributed by atoms with van der Waals surface area (Å²) in [6.45, 7) is 5.82. The van der Waals surface area contributed by atoms with Crippen molar-refractivity contribution in [2.75, 3.05) is 5.32 Å². The lowest BCUT2D eigenvalue weighted by Gasteiger charge is -2.06. The second kappa shape index (κ2) is 5.12. The number of carbonyl (C=O) groups is 1. The third kappa shape index (κ3) is 2.73. The van der Waals surface area contributed by atoms with Crippen LogP contribution < -0.4 is 5.32 Å². The zero-order chi connectivity index (χ0) is 13.3. The molecule has 0 bridgehead atoms. The van der Waals surface area contributed by atoms with E-state index in [2.05, 4.69) is 22.9 Å². The standard InChI is InChI=1S/C13H14N2OS2/c1-7-4-5-10(17)6-11(7)12(16)15-13-14-8(2)9(3)18-13/h4-6,17H,1-3H3,(H,14,15,16). The molecular weight excluding hydrogens is 264 g/mol. The number of hydrogen-bond donors (Lipinski definition) is 2. The lowest BCUT2D eigenvalue weighted by Crippen LogP contribution is -2.13. The number of thiazole rings is 1. The molecule has 0 atom stereocenters. The molecule has 0 radical (unpaired) electrons. The maximum absolute atomic E-state index is 12.1. The molecule has 1 heterocycles. The van der Waals surface area contributed by atoms with E-state index >= 15 is 0 Å². The van der Waals surface area contributed by atoms with Gasteiger partial charge in [-0.15, -0.1) is 24.0 Å². The van der Waals surface area contributed by atoms with Gasteiger partial charge in [-0.25, -0.2) is 4.98 Å². The summed E-state index contributed by atoms with van der Waals surface area (Å²) < 4.78 is 0. The van der Waals surface area contributed by atoms with Gasteiger partial charge in [-0.05, 0) is 38.5 Å². The van der Waals surface area contributed by atoms with Gasteiger partial charge in [0.05, 0.1) is 5.69 Å². The zero-order valence-corrected chi connectivity index (χ0v) is 12.2. The molecule has 5 heteroatoms. The largest absolute Gasteiger partial charge is 0.298 e. The summed E-state index contributed by atoms with van der Waals surface area (Å²) in [5.41, 5.74) is 2.51. The predicted octanol–water partition coefficient (Wildman–Crippen LogP) is 3.61. The van der Waals surface area contributed by atoms with Gasteiger partial charge in [-0.3, -0.25) is 10.1 Å². The molecule has 0 saturated heterocycles. The van der Waals surface area contributed by atoms with E-state index in [1.54, 1.807) is 6.07 Å². The Balaban J connectivity index is 2.24. The molecule has 18 heavy (non-hydrogen) atoms. The highest BCUT2D eigenvalue weighted by Gasteiger charge is 2.12. The van der Waals surface area contributed by atoms with Crippen molar-refractivity contribution >= 4 is 35.0 Å². The minimum absolute atomic E-state index is 0.142. The molecular formula is C13H14N2OS2. The Labute approximate surface area is 116 Å². The lowest BCUT2D eigenvalue weighted by molar-refractivity contribution is 0.102. The van der Waals surface area contributed by atoms with Gasteiger partial charge in [-0.1, -0.05) is 6.07 Å². The Bertz CT molecular complexity index is 586. The van der Waals surface area contributed by atoms with Crippen LogP contribution in [0.3, 0.4) is 0 Å². The monoisotopic (exact) mass is 278 g/mol. The molecule has 2 rings (SSSR count). The van der Waals surface area contributed by atoms with Crippen LogP contribution in [-0.2, 0) is 0 Å². The highest BCUT2D eigenvalue weighted by Crippen LogP contribution is 2.22. The van der Waals surface area contributed by atoms with E-state index in [9.17, 15) is 4.79 Å². The maximum Gasteiger partial charge on any atom is 0.257 e. The summed E-state index contributed by atoms with van der Waals surface area (Å²) in [6.07, 6.45) is 0. The average molecular weight is 278 g/mol. The third-order valence-corrected chi connectivity index (χ3v) is 3.98. The summed E-state index contributed by atoms with van der Waals surface area (Å²) in [4.78, 5) is 18.3. The molecule has 0 aliphatic carbocycles. The summed E-state index contributed by atoms with van der Waals surface area (Å²) in [7, 11) is 0. The highest BCUT2D eigenvalue weighted by atomic mass is 32.1. The molecule has 1 amide bonds. The van der Waals surface area contributed by atoms with Crippen molar-refractivity contribution in [1.29, 1.82) is 0 Å². The highest BCUT2D eigenvalue weighted by molar-refractivity contribution is 7.80. The fourth-order valence-corrected chi connectivity index (χ4v) is 2.56. The van der Waals surface area contributed by atoms with Gasteiger partial charge in [0.1, 0.15) is 0 Å². The maximum atomic E-state index is 12.1. The molecule has 1 aromatic heterocycles. The van der Waals surface area contributed by atoms with Crippen LogP contribution in [0.1, 0.15) is 26.5 Å². The molecule has 0 saturated carbocycles. The minimum atomic E-state index is -0.142. The quantitative estimate of drug-likeness (QED) is 0.824. The Morgan fingerprint density at radius 1 is 1.33 bits per heavy atom. The second-order valence-electron chi connectivity index (χ2n) is 4.11. The van der Waals surface area contributed by atoms with Crippen molar-refractivity contribution in [1.82, 2.24) is 4.98 Å². The van der Waals surface area contributed by atoms with Gasteiger partial charge in [0, 0.05) is 15.3 Å². The van der Waals surface area contributed by atoms with Crippen molar-refractivity contribution in [3.8, 4) is 0 Å². The summed E-state index contributed by atoms with van der Waals surface area (Å²) >= 11 is 5.73. The fraction of sp³-hybridized carbons (Fsp3) is 0.231. The van der Waals surface area contributed by atoms with Crippen LogP contribution in [0.5, 0.6) is 0 Å². The number of nitrogens with zero attached hydrogens (tertiary/aromatic N) is 1. The predicted molar refractivity (Wildman–Crippen MR) is 78.0 cm³/mol. The lowest BCUT2D eigenvalue weighted by atomic mass is 10.1. The van der Waals surface area contributed by atoms with Crippen LogP contribution >= 0.6 is 24.0 Å². The van der Waals surface area contributed by atoms with Gasteiger partial charge < -0.3 is 0 Å². The van der Waals surface area contributed by atoms with Crippen LogP contribution in [0.15, 0.2) is 23.1 Å². The molecule has 0 aliphatic rings. The van der Waals surface area contributed by atoms with E-state index in [4.69, 9.17) is 0 Å². The van der Waals surface area contributed by atoms with Crippen molar-refractivity contribution in [3.05, 3.63) is 39.9 Å². The smallest absolute Gasteiger partial charge is 0.257 e. The normalized spacial score (nSPS) is 10.4. The van der Waals surface area contributed by atoms with E-state index in [0.29, 0.717) is 10.7 Å². The SMILES string of the molecule is Cc1ccc(S)cc1C(=O)Nc1nc(C)c(C)s1. The molecule has 0 aliphatic heterocycles. The topological polar surface area (TPSA) is 42.0 Å². The van der Waals surface area contributed by atoms with E-state index < -0.39 is 0 Å². The van der Waals surface area contributed by atoms with Gasteiger partial charge >= 0.3 is 0 Å². The number of carbonyl (C=O) groups excluding carboxylic acids is 1. The van der Waals surface area contributed by atoms with E-state index in [1.807, 2.05) is 32.9 Å². The number of aryl methyl sites for hydroxylation is 3. The van der Waals surface area contributed by atoms with Crippen molar-refractivity contribution in [2.24, 2.45) is 0 Å². The van der Waals surface area contributed by atoms with E-state index in [1.165, 1.54) is 11.3 Å². The molecule has 0 unspecified atom stereocenters. The van der Waals surface area contributed by atoms with Crippen LogP contribution in [0.25, 0.3) is 0 Å². The first kappa shape index (κ1) is 13.1. The Hall–Kier alpha value is -1.33. The number of hydrogen-bond acceptors (Lipinski definition) is 4. The first-order valence-corrected chi connectivity index (χ1v) is 6.78. The second-order valence-corrected chi connectivity index (χ2v) is 5.83. The van der Waals surface area contributed by atoms with Crippen molar-refractivity contribution in [2.45, 2.75) is 25.7 Å². The fourth-order valence-electron chi connectivity index (χ4n) is 1.55. The molecule has 1 N–H and O–H groups in total. The Morgan fingerprint density at radius 3 is 2.67 bits per heavy atom. The van der Waals surface area contributed by atoms with Crippen LogP contribution in [0.2, 0.25) is 0 Å². The first-order chi connectivity index (χ1) is 8.47. The molecule has 1 aromatic carbocycles. The number of thiol groups is 1. The average Bonchev–Trinajstić information content (AvgIpc) is 2.61. The van der Waals surface area contributed by atoms with Crippen LogP contribution in [-0.4, -0.2) is 10.9 Å². The molecule has 2 aromatic rings. The molecule has 0 spiro atoms. The summed E-state index contributed by atoms with van der Waals surface area (Å²) in [5, 5.41) is 3.46. The van der Waals surface area contributed by atoms with Gasteiger partial charge in [0.2, 0.25) is 0 Å². The van der Waals surface area contributed by atoms with Gasteiger partial charge in [0.25, 0.3) is 5.91 Å². The van der Waals surface area contributed by atoms with Crippen LogP contribution in [0.4, 0.5) is 5.13 Å². The van der Waals surface area contributed by atoms with E-state index in [-0.39, 0.29) is 5.91 Å². The number of aromatic nitrogens is 1. The third-order valence-electron chi connectivity index (χ3n) is 2.71. The van der Waals surface area contributed by atoms with Gasteiger partial charge in [0.15, 0.2) is 5.13 Å². The van der Waals surface area contributed by atoms with Gasteiger partial charge in [-0.2, -0.15) is 0 Å². The molecule has 0 fully saturated rings. The number of rotatable bonds is 2. The number of nitrogens with one attached hydrogen (secondary N) is 1.